The Bertz CT molecular complexity index is 965. The van der Waals surface area contributed by atoms with Crippen LogP contribution in [0.25, 0.3) is 10.4 Å². The predicted molar refractivity (Wildman–Crippen MR) is 121 cm³/mol. The van der Waals surface area contributed by atoms with Crippen molar-refractivity contribution in [3.8, 4) is 16.2 Å². The third kappa shape index (κ3) is 5.51. The number of thiazole rings is 1. The molecule has 7 nitrogen and oxygen atoms in total. The topological polar surface area (TPSA) is 101 Å². The van der Waals surface area contributed by atoms with Crippen LogP contribution in [0.1, 0.15) is 45.2 Å². The molecule has 1 heterocycles. The number of hydrogen-bond acceptors (Lipinski definition) is 7. The minimum atomic E-state index is -3.77. The summed E-state index contributed by atoms with van der Waals surface area (Å²) in [5.74, 6) is 0.810. The van der Waals surface area contributed by atoms with E-state index in [1.165, 1.54) is 18.4 Å². The van der Waals surface area contributed by atoms with Crippen molar-refractivity contribution in [2.24, 2.45) is 5.92 Å². The first-order valence-corrected chi connectivity index (χ1v) is 12.6. The van der Waals surface area contributed by atoms with Gasteiger partial charge in [-0.2, -0.15) is 0 Å². The lowest BCUT2D eigenvalue weighted by atomic mass is 9.94. The van der Waals surface area contributed by atoms with Crippen molar-refractivity contribution in [1.29, 1.82) is 0 Å². The Morgan fingerprint density at radius 1 is 1.27 bits per heavy atom. The zero-order valence-corrected chi connectivity index (χ0v) is 19.6. The average Bonchev–Trinajstić information content (AvgIpc) is 3.08. The molecule has 0 radical (unpaired) electrons. The summed E-state index contributed by atoms with van der Waals surface area (Å²) < 4.78 is 34.4. The van der Waals surface area contributed by atoms with Gasteiger partial charge in [-0.15, -0.1) is 0 Å². The van der Waals surface area contributed by atoms with Crippen LogP contribution in [0.2, 0.25) is 0 Å². The average molecular weight is 454 g/mol. The van der Waals surface area contributed by atoms with Gasteiger partial charge in [0.1, 0.15) is 10.6 Å². The highest BCUT2D eigenvalue weighted by Gasteiger charge is 2.27. The highest BCUT2D eigenvalue weighted by Crippen LogP contribution is 2.36. The molecule has 0 bridgehead atoms. The zero-order chi connectivity index (χ0) is 21.9. The third-order valence-electron chi connectivity index (χ3n) is 5.19. The Morgan fingerprint density at radius 2 is 1.97 bits per heavy atom. The maximum Gasteiger partial charge on any atom is 0.244 e. The molecule has 0 atom stereocenters. The number of benzene rings is 1. The maximum atomic E-state index is 13.1. The van der Waals surface area contributed by atoms with Crippen LogP contribution < -0.4 is 14.8 Å². The fraction of sp³-hybridized carbons (Fsp3) is 0.571. The van der Waals surface area contributed by atoms with Crippen LogP contribution in [0.15, 0.2) is 23.1 Å². The molecule has 0 saturated heterocycles. The first-order chi connectivity index (χ1) is 14.2. The summed E-state index contributed by atoms with van der Waals surface area (Å²) in [6.45, 7) is 7.02. The van der Waals surface area contributed by atoms with Gasteiger partial charge in [-0.1, -0.05) is 25.2 Å². The van der Waals surface area contributed by atoms with Gasteiger partial charge in [0, 0.05) is 12.6 Å². The maximum absolute atomic E-state index is 13.1. The highest BCUT2D eigenvalue weighted by molar-refractivity contribution is 7.89. The molecule has 3 N–H and O–H groups in total. The second kappa shape index (κ2) is 9.64. The summed E-state index contributed by atoms with van der Waals surface area (Å²) in [7, 11) is -2.30. The largest absolute Gasteiger partial charge is 0.495 e. The van der Waals surface area contributed by atoms with Crippen LogP contribution in [-0.2, 0) is 10.0 Å². The Hall–Kier alpha value is -1.68. The first kappa shape index (κ1) is 23.0. The van der Waals surface area contributed by atoms with Gasteiger partial charge in [0.25, 0.3) is 0 Å². The molecule has 166 valence electrons. The molecule has 0 amide bonds. The third-order valence-corrected chi connectivity index (χ3v) is 7.90. The minimum absolute atomic E-state index is 0.123. The number of nitrogens with one attached hydrogen (secondary N) is 2. The van der Waals surface area contributed by atoms with E-state index >= 15 is 0 Å². The summed E-state index contributed by atoms with van der Waals surface area (Å²) in [6, 6.07) is 5.03. The Kier molecular flexibility index (Phi) is 7.38. The fourth-order valence-corrected chi connectivity index (χ4v) is 6.01. The molecule has 1 aliphatic carbocycles. The molecule has 1 saturated carbocycles. The van der Waals surface area contributed by atoms with Crippen molar-refractivity contribution in [3.63, 3.8) is 0 Å². The van der Waals surface area contributed by atoms with Crippen molar-refractivity contribution in [3.05, 3.63) is 23.9 Å². The summed E-state index contributed by atoms with van der Waals surface area (Å²) in [4.78, 5) is 5.64. The quantitative estimate of drug-likeness (QED) is 0.562. The van der Waals surface area contributed by atoms with E-state index in [1.807, 2.05) is 13.0 Å². The van der Waals surface area contributed by atoms with E-state index in [-0.39, 0.29) is 17.0 Å². The van der Waals surface area contributed by atoms with Crippen molar-refractivity contribution < 1.29 is 18.3 Å². The van der Waals surface area contributed by atoms with Crippen molar-refractivity contribution in [2.45, 2.75) is 63.5 Å². The van der Waals surface area contributed by atoms with Crippen molar-refractivity contribution >= 4 is 26.5 Å². The Morgan fingerprint density at radius 3 is 2.60 bits per heavy atom. The number of anilines is 1. The van der Waals surface area contributed by atoms with Crippen LogP contribution in [-0.4, -0.2) is 44.3 Å². The molecule has 3 rings (SSSR count). The van der Waals surface area contributed by atoms with Gasteiger partial charge < -0.3 is 15.2 Å². The number of aliphatic hydroxyl groups is 1. The van der Waals surface area contributed by atoms with E-state index < -0.39 is 10.0 Å². The van der Waals surface area contributed by atoms with Crippen LogP contribution in [0.4, 0.5) is 5.13 Å². The van der Waals surface area contributed by atoms with Crippen LogP contribution in [0.3, 0.4) is 0 Å². The lowest BCUT2D eigenvalue weighted by molar-refractivity contribution is 0.120. The van der Waals surface area contributed by atoms with Gasteiger partial charge in [-0.05, 0) is 62.3 Å². The predicted octanol–water partition coefficient (Wildman–Crippen LogP) is 3.78. The van der Waals surface area contributed by atoms with E-state index in [4.69, 9.17) is 4.74 Å². The fourth-order valence-electron chi connectivity index (χ4n) is 3.54. The molecule has 0 aliphatic heterocycles. The molecule has 0 spiro atoms. The number of aliphatic hydroxyl groups excluding tert-OH is 1. The van der Waals surface area contributed by atoms with Gasteiger partial charge in [0.05, 0.1) is 23.8 Å². The highest BCUT2D eigenvalue weighted by atomic mass is 32.2. The molecular weight excluding hydrogens is 422 g/mol. The van der Waals surface area contributed by atoms with Crippen LogP contribution >= 0.6 is 11.3 Å². The minimum Gasteiger partial charge on any atom is -0.495 e. The van der Waals surface area contributed by atoms with Gasteiger partial charge in [0.15, 0.2) is 5.13 Å². The standard InChI is InChI=1S/C21H31N3O4S2/c1-13(2)12-22-21-23-14(3)20(29-21)15-5-10-18(28-4)19(11-15)30(26,27)24-16-6-8-17(25)9-7-16/h5,10-11,13,16-17,24-25H,6-9,12H2,1-4H3,(H,22,23). The zero-order valence-electron chi connectivity index (χ0n) is 17.9. The number of hydrogen-bond donors (Lipinski definition) is 3. The molecular formula is C21H31N3O4S2. The number of nitrogens with zero attached hydrogens (tertiary/aromatic N) is 1. The lowest BCUT2D eigenvalue weighted by Gasteiger charge is -2.26. The van der Waals surface area contributed by atoms with Crippen molar-refractivity contribution in [2.75, 3.05) is 19.0 Å². The van der Waals surface area contributed by atoms with Gasteiger partial charge in [-0.25, -0.2) is 18.1 Å². The van der Waals surface area contributed by atoms with Crippen LogP contribution in [0.5, 0.6) is 5.75 Å². The smallest absolute Gasteiger partial charge is 0.244 e. The molecule has 0 unspecified atom stereocenters. The SMILES string of the molecule is COc1ccc(-c2sc(NCC(C)C)nc2C)cc1S(=O)(=O)NC1CCC(O)CC1. The lowest BCUT2D eigenvalue weighted by Crippen LogP contribution is -2.38. The number of rotatable bonds is 8. The number of ether oxygens (including phenoxy) is 1. The summed E-state index contributed by atoms with van der Waals surface area (Å²) in [6.07, 6.45) is 2.13. The van der Waals surface area contributed by atoms with E-state index in [0.717, 1.165) is 27.8 Å². The van der Waals surface area contributed by atoms with Crippen LogP contribution in [0, 0.1) is 12.8 Å². The number of sulfonamides is 1. The van der Waals surface area contributed by atoms with Gasteiger partial charge in [-0.3, -0.25) is 0 Å². The van der Waals surface area contributed by atoms with E-state index in [9.17, 15) is 13.5 Å². The number of aryl methyl sites for hydroxylation is 1. The van der Waals surface area contributed by atoms with Gasteiger partial charge in [0.2, 0.25) is 10.0 Å². The van der Waals surface area contributed by atoms with Gasteiger partial charge >= 0.3 is 0 Å². The van der Waals surface area contributed by atoms with E-state index in [1.54, 1.807) is 12.1 Å². The van der Waals surface area contributed by atoms with E-state index in [2.05, 4.69) is 28.9 Å². The second-order valence-corrected chi connectivity index (χ2v) is 10.9. The van der Waals surface area contributed by atoms with E-state index in [0.29, 0.717) is 37.4 Å². The normalized spacial score (nSPS) is 19.8. The molecule has 9 heteroatoms. The summed E-state index contributed by atoms with van der Waals surface area (Å²) >= 11 is 1.52. The molecule has 1 fully saturated rings. The van der Waals surface area contributed by atoms with Crippen molar-refractivity contribution in [1.82, 2.24) is 9.71 Å². The number of methoxy groups -OCH3 is 1. The molecule has 2 aromatic rings. The first-order valence-electron chi connectivity index (χ1n) is 10.3. The molecule has 1 aromatic heterocycles. The Balaban J connectivity index is 1.88. The molecule has 1 aromatic carbocycles. The molecule has 1 aliphatic rings. The number of aromatic nitrogens is 1. The summed E-state index contributed by atoms with van der Waals surface area (Å²) in [5, 5.41) is 13.8. The monoisotopic (exact) mass is 453 g/mol. The summed E-state index contributed by atoms with van der Waals surface area (Å²) in [5.41, 5.74) is 1.65. The molecule has 30 heavy (non-hydrogen) atoms. The second-order valence-electron chi connectivity index (χ2n) is 8.20. The Labute approximate surface area is 182 Å².